The first kappa shape index (κ1) is 16.7. The molecule has 4 rings (SSSR count). The fraction of sp³-hybridized carbons (Fsp3) is 0.0455. The lowest BCUT2D eigenvalue weighted by molar-refractivity contribution is -0.115. The number of furan rings is 1. The summed E-state index contributed by atoms with van der Waals surface area (Å²) in [5.41, 5.74) is 2.63. The van der Waals surface area contributed by atoms with E-state index in [1.807, 2.05) is 42.5 Å². The summed E-state index contributed by atoms with van der Waals surface area (Å²) < 4.78 is 5.87. The van der Waals surface area contributed by atoms with Gasteiger partial charge in [0.25, 0.3) is 0 Å². The van der Waals surface area contributed by atoms with Gasteiger partial charge in [0.05, 0.1) is 11.3 Å². The van der Waals surface area contributed by atoms with Gasteiger partial charge in [0.2, 0.25) is 11.6 Å². The third-order valence-corrected chi connectivity index (χ3v) is 4.37. The van der Waals surface area contributed by atoms with Gasteiger partial charge in [0, 0.05) is 34.8 Å². The summed E-state index contributed by atoms with van der Waals surface area (Å²) in [6.07, 6.45) is 4.10. The van der Waals surface area contributed by atoms with Crippen LogP contribution in [0.2, 0.25) is 0 Å². The summed E-state index contributed by atoms with van der Waals surface area (Å²) in [5, 5.41) is 5.04. The van der Waals surface area contributed by atoms with Gasteiger partial charge in [-0.2, -0.15) is 0 Å². The van der Waals surface area contributed by atoms with Crippen LogP contribution in [0.5, 0.6) is 0 Å². The highest BCUT2D eigenvalue weighted by Gasteiger charge is 2.26. The molecule has 0 spiro atoms. The lowest BCUT2D eigenvalue weighted by Crippen LogP contribution is -2.22. The zero-order chi connectivity index (χ0) is 19.0. The molecule has 1 aromatic heterocycles. The number of carbonyl (C=O) groups excluding carboxylic acids is 2. The second-order valence-corrected chi connectivity index (χ2v) is 6.04. The molecule has 2 aromatic carbocycles. The number of rotatable bonds is 4. The number of allylic oxidation sites excluding steroid dienone is 3. The van der Waals surface area contributed by atoms with E-state index < -0.39 is 0 Å². The molecule has 0 unspecified atom stereocenters. The van der Waals surface area contributed by atoms with Crippen molar-refractivity contribution in [2.45, 2.75) is 6.92 Å². The predicted octanol–water partition coefficient (Wildman–Crippen LogP) is 4.56. The maximum absolute atomic E-state index is 12.7. The molecule has 0 amide bonds. The Hall–Kier alpha value is -3.73. The van der Waals surface area contributed by atoms with E-state index in [1.54, 1.807) is 6.92 Å². The van der Waals surface area contributed by atoms with Crippen LogP contribution in [-0.2, 0) is 9.59 Å². The van der Waals surface area contributed by atoms with Crippen molar-refractivity contribution >= 4 is 45.4 Å². The van der Waals surface area contributed by atoms with E-state index in [1.165, 1.54) is 18.4 Å². The minimum Gasteiger partial charge on any atom is -0.456 e. The summed E-state index contributed by atoms with van der Waals surface area (Å²) in [5.74, 6) is -0.662. The fourth-order valence-corrected chi connectivity index (χ4v) is 3.15. The molecule has 0 aliphatic heterocycles. The van der Waals surface area contributed by atoms with Crippen molar-refractivity contribution in [2.24, 2.45) is 4.99 Å². The number of benzene rings is 2. The average Bonchev–Trinajstić information content (AvgIpc) is 3.04. The van der Waals surface area contributed by atoms with Crippen LogP contribution in [0.25, 0.3) is 21.9 Å². The number of para-hydroxylation sites is 1. The van der Waals surface area contributed by atoms with Gasteiger partial charge in [-0.25, -0.2) is 0 Å². The quantitative estimate of drug-likeness (QED) is 0.549. The molecule has 1 aliphatic carbocycles. The first-order valence-corrected chi connectivity index (χ1v) is 8.47. The summed E-state index contributed by atoms with van der Waals surface area (Å²) in [7, 11) is 0. The number of aliphatic imine (C=N–C) groups is 1. The maximum atomic E-state index is 12.7. The number of Topliss-reactive ketones (excluding diaryl/α,β-unsaturated/α-hetero) is 1. The first-order valence-electron chi connectivity index (χ1n) is 8.47. The number of nitrogens with one attached hydrogen (secondary N) is 1. The Balaban J connectivity index is 1.71. The van der Waals surface area contributed by atoms with Crippen LogP contribution in [0, 0.1) is 0 Å². The Labute approximate surface area is 155 Å². The van der Waals surface area contributed by atoms with Gasteiger partial charge in [-0.3, -0.25) is 14.6 Å². The van der Waals surface area contributed by atoms with Gasteiger partial charge in [-0.15, -0.1) is 0 Å². The molecule has 0 fully saturated rings. The molecular weight excluding hydrogens is 340 g/mol. The summed E-state index contributed by atoms with van der Waals surface area (Å²) in [6, 6.07) is 13.4. The Kier molecular flexibility index (Phi) is 4.05. The van der Waals surface area contributed by atoms with Crippen LogP contribution in [0.4, 0.5) is 5.69 Å². The average molecular weight is 356 g/mol. The van der Waals surface area contributed by atoms with Crippen LogP contribution >= 0.6 is 0 Å². The SMILES string of the molecule is C=CC1=C(N=CC)C(=O)C=C(Nc2ccc3c(c2)oc2ccccc23)C1=O. The first-order chi connectivity index (χ1) is 13.1. The van der Waals surface area contributed by atoms with E-state index in [2.05, 4.69) is 16.9 Å². The predicted molar refractivity (Wildman–Crippen MR) is 107 cm³/mol. The monoisotopic (exact) mass is 356 g/mol. The van der Waals surface area contributed by atoms with Gasteiger partial charge in [-0.1, -0.05) is 30.9 Å². The van der Waals surface area contributed by atoms with Crippen LogP contribution in [0.1, 0.15) is 6.92 Å². The smallest absolute Gasteiger partial charge is 0.211 e. The number of fused-ring (bicyclic) bond motifs is 3. The Bertz CT molecular complexity index is 1210. The van der Waals surface area contributed by atoms with Crippen molar-refractivity contribution in [3.8, 4) is 0 Å². The molecule has 27 heavy (non-hydrogen) atoms. The van der Waals surface area contributed by atoms with E-state index in [0.29, 0.717) is 11.3 Å². The molecule has 0 bridgehead atoms. The number of ketones is 2. The van der Waals surface area contributed by atoms with E-state index in [9.17, 15) is 9.59 Å². The topological polar surface area (TPSA) is 71.7 Å². The molecule has 132 valence electrons. The van der Waals surface area contributed by atoms with E-state index in [-0.39, 0.29) is 28.5 Å². The lowest BCUT2D eigenvalue weighted by atomic mass is 9.97. The lowest BCUT2D eigenvalue weighted by Gasteiger charge is -2.16. The molecule has 1 heterocycles. The normalized spacial score (nSPS) is 15.1. The maximum Gasteiger partial charge on any atom is 0.211 e. The van der Waals surface area contributed by atoms with Crippen molar-refractivity contribution in [2.75, 3.05) is 5.32 Å². The second-order valence-electron chi connectivity index (χ2n) is 6.04. The number of nitrogens with zero attached hydrogens (tertiary/aromatic N) is 1. The minimum absolute atomic E-state index is 0.107. The highest BCUT2D eigenvalue weighted by atomic mass is 16.3. The summed E-state index contributed by atoms with van der Waals surface area (Å²) >= 11 is 0. The minimum atomic E-state index is -0.338. The van der Waals surface area contributed by atoms with Crippen molar-refractivity contribution in [3.63, 3.8) is 0 Å². The number of hydrogen-bond acceptors (Lipinski definition) is 5. The highest BCUT2D eigenvalue weighted by molar-refractivity contribution is 6.25. The molecule has 0 radical (unpaired) electrons. The molecular formula is C22H16N2O3. The van der Waals surface area contributed by atoms with Crippen LogP contribution in [0.15, 0.2) is 87.6 Å². The zero-order valence-corrected chi connectivity index (χ0v) is 14.7. The van der Waals surface area contributed by atoms with Crippen LogP contribution in [0.3, 0.4) is 0 Å². The van der Waals surface area contributed by atoms with E-state index in [4.69, 9.17) is 4.42 Å². The van der Waals surface area contributed by atoms with Gasteiger partial charge in [0.1, 0.15) is 16.9 Å². The highest BCUT2D eigenvalue weighted by Crippen LogP contribution is 2.31. The standard InChI is InChI=1S/C22H16N2O3/c1-3-14-21(23-4-2)18(25)12-17(22(14)26)24-13-9-10-16-15-7-5-6-8-19(15)27-20(16)11-13/h3-12,24H,1H2,2H3. The Morgan fingerprint density at radius 2 is 1.85 bits per heavy atom. The third-order valence-electron chi connectivity index (χ3n) is 4.37. The molecule has 1 aliphatic rings. The van der Waals surface area contributed by atoms with E-state index in [0.717, 1.165) is 16.4 Å². The Morgan fingerprint density at radius 3 is 2.63 bits per heavy atom. The van der Waals surface area contributed by atoms with Gasteiger partial charge >= 0.3 is 0 Å². The van der Waals surface area contributed by atoms with Crippen LogP contribution < -0.4 is 5.32 Å². The number of hydrogen-bond donors (Lipinski definition) is 1. The fourth-order valence-electron chi connectivity index (χ4n) is 3.15. The molecule has 3 aromatic rings. The van der Waals surface area contributed by atoms with Crippen molar-refractivity contribution in [1.82, 2.24) is 0 Å². The van der Waals surface area contributed by atoms with Crippen molar-refractivity contribution in [3.05, 3.63) is 78.2 Å². The molecule has 0 saturated heterocycles. The second kappa shape index (κ2) is 6.53. The van der Waals surface area contributed by atoms with Crippen molar-refractivity contribution in [1.29, 1.82) is 0 Å². The van der Waals surface area contributed by atoms with Crippen LogP contribution in [-0.4, -0.2) is 17.8 Å². The molecule has 5 heteroatoms. The molecule has 1 N–H and O–H groups in total. The molecule has 5 nitrogen and oxygen atoms in total. The summed E-state index contributed by atoms with van der Waals surface area (Å²) in [6.45, 7) is 5.32. The molecule has 0 saturated carbocycles. The number of carbonyl (C=O) groups is 2. The largest absolute Gasteiger partial charge is 0.456 e. The Morgan fingerprint density at radius 1 is 1.07 bits per heavy atom. The van der Waals surface area contributed by atoms with E-state index >= 15 is 0 Å². The van der Waals surface area contributed by atoms with Crippen molar-refractivity contribution < 1.29 is 14.0 Å². The third kappa shape index (κ3) is 2.79. The van der Waals surface area contributed by atoms with Gasteiger partial charge < -0.3 is 9.73 Å². The molecule has 0 atom stereocenters. The van der Waals surface area contributed by atoms with Gasteiger partial charge in [-0.05, 0) is 25.1 Å². The summed E-state index contributed by atoms with van der Waals surface area (Å²) in [4.78, 5) is 29.0. The zero-order valence-electron chi connectivity index (χ0n) is 14.7. The number of anilines is 1. The van der Waals surface area contributed by atoms with Gasteiger partial charge in [0.15, 0.2) is 0 Å².